The first-order valence-electron chi connectivity index (χ1n) is 5.90. The molecule has 0 amide bonds. The number of hydrogen-bond acceptors (Lipinski definition) is 2. The minimum absolute atomic E-state index is 0.628. The molecule has 0 bridgehead atoms. The number of benzene rings is 1. The van der Waals surface area contributed by atoms with E-state index >= 15 is 0 Å². The molecule has 0 aliphatic rings. The van der Waals surface area contributed by atoms with E-state index in [9.17, 15) is 0 Å². The van der Waals surface area contributed by atoms with Gasteiger partial charge in [0.25, 0.3) is 0 Å². The van der Waals surface area contributed by atoms with Gasteiger partial charge in [-0.15, -0.1) is 0 Å². The minimum atomic E-state index is 0.628. The molecular weight excluding hydrogens is 269 g/mol. The van der Waals surface area contributed by atoms with Crippen LogP contribution in [0.15, 0.2) is 30.6 Å². The summed E-state index contributed by atoms with van der Waals surface area (Å²) in [6.45, 7) is 3.73. The first-order valence-corrected chi connectivity index (χ1v) is 6.65. The Morgan fingerprint density at radius 3 is 2.67 bits per heavy atom. The van der Waals surface area contributed by atoms with Gasteiger partial charge < -0.3 is 5.32 Å². The number of aryl methyl sites for hydroxylation is 1. The maximum Gasteiger partial charge on any atom is 0.0721 e. The van der Waals surface area contributed by atoms with Crippen LogP contribution in [-0.2, 0) is 13.1 Å². The highest BCUT2D eigenvalue weighted by atomic mass is 35.5. The highest BCUT2D eigenvalue weighted by Crippen LogP contribution is 2.30. The second kappa shape index (κ2) is 6.12. The smallest absolute Gasteiger partial charge is 0.0721 e. The number of halogens is 2. The molecule has 0 saturated heterocycles. The van der Waals surface area contributed by atoms with Gasteiger partial charge >= 0.3 is 0 Å². The van der Waals surface area contributed by atoms with E-state index in [-0.39, 0.29) is 0 Å². The van der Waals surface area contributed by atoms with Gasteiger partial charge in [-0.3, -0.25) is 4.68 Å². The Hall–Kier alpha value is -1.19. The van der Waals surface area contributed by atoms with Gasteiger partial charge in [-0.2, -0.15) is 5.10 Å². The first-order chi connectivity index (χ1) is 8.70. The standard InChI is InChI=1S/C13H15Cl2N3/c1-2-6-18-9-10(8-17-18)7-16-13-11(14)4-3-5-12(13)15/h3-5,8-9,16H,2,6-7H2,1H3. The fraction of sp³-hybridized carbons (Fsp3) is 0.308. The van der Waals surface area contributed by atoms with Gasteiger partial charge in [0, 0.05) is 24.8 Å². The van der Waals surface area contributed by atoms with Crippen LogP contribution in [0.3, 0.4) is 0 Å². The average Bonchev–Trinajstić information content (AvgIpc) is 2.77. The number of hydrogen-bond donors (Lipinski definition) is 1. The van der Waals surface area contributed by atoms with E-state index < -0.39 is 0 Å². The number of anilines is 1. The van der Waals surface area contributed by atoms with Gasteiger partial charge in [0.05, 0.1) is 21.9 Å². The zero-order chi connectivity index (χ0) is 13.0. The summed E-state index contributed by atoms with van der Waals surface area (Å²) in [5.74, 6) is 0. The van der Waals surface area contributed by atoms with Crippen LogP contribution in [0.1, 0.15) is 18.9 Å². The van der Waals surface area contributed by atoms with E-state index in [1.165, 1.54) is 0 Å². The minimum Gasteiger partial charge on any atom is -0.378 e. The molecule has 0 aliphatic heterocycles. The summed E-state index contributed by atoms with van der Waals surface area (Å²) >= 11 is 12.2. The van der Waals surface area contributed by atoms with Crippen molar-refractivity contribution in [3.63, 3.8) is 0 Å². The van der Waals surface area contributed by atoms with Crippen molar-refractivity contribution in [2.24, 2.45) is 0 Å². The second-order valence-corrected chi connectivity index (χ2v) is 4.88. The molecule has 0 aliphatic carbocycles. The summed E-state index contributed by atoms with van der Waals surface area (Å²) in [5.41, 5.74) is 1.88. The van der Waals surface area contributed by atoms with Gasteiger partial charge in [-0.05, 0) is 18.6 Å². The molecule has 0 spiro atoms. The Morgan fingerprint density at radius 2 is 2.00 bits per heavy atom. The Kier molecular flexibility index (Phi) is 4.50. The van der Waals surface area contributed by atoms with Crippen LogP contribution in [-0.4, -0.2) is 9.78 Å². The van der Waals surface area contributed by atoms with Crippen LogP contribution in [0.4, 0.5) is 5.69 Å². The zero-order valence-electron chi connectivity index (χ0n) is 10.2. The summed E-state index contributed by atoms with van der Waals surface area (Å²) < 4.78 is 1.94. The molecule has 1 heterocycles. The van der Waals surface area contributed by atoms with Crippen molar-refractivity contribution in [2.45, 2.75) is 26.4 Å². The van der Waals surface area contributed by atoms with Crippen molar-refractivity contribution >= 4 is 28.9 Å². The Balaban J connectivity index is 2.02. The number of nitrogens with one attached hydrogen (secondary N) is 1. The zero-order valence-corrected chi connectivity index (χ0v) is 11.7. The van der Waals surface area contributed by atoms with Gasteiger partial charge in [0.15, 0.2) is 0 Å². The fourth-order valence-corrected chi connectivity index (χ4v) is 2.24. The molecule has 5 heteroatoms. The molecule has 1 aromatic carbocycles. The van der Waals surface area contributed by atoms with E-state index in [2.05, 4.69) is 17.3 Å². The van der Waals surface area contributed by atoms with Crippen LogP contribution in [0, 0.1) is 0 Å². The molecule has 0 fully saturated rings. The predicted molar refractivity (Wildman–Crippen MR) is 76.3 cm³/mol. The van der Waals surface area contributed by atoms with Gasteiger partial charge in [0.2, 0.25) is 0 Å². The maximum absolute atomic E-state index is 6.08. The van der Waals surface area contributed by atoms with E-state index in [1.54, 1.807) is 0 Å². The first kappa shape index (κ1) is 13.2. The van der Waals surface area contributed by atoms with Crippen LogP contribution in [0.25, 0.3) is 0 Å². The van der Waals surface area contributed by atoms with E-state index in [0.29, 0.717) is 16.6 Å². The normalized spacial score (nSPS) is 10.6. The molecule has 2 aromatic rings. The van der Waals surface area contributed by atoms with E-state index in [4.69, 9.17) is 23.2 Å². The molecule has 0 saturated carbocycles. The number of nitrogens with zero attached hydrogens (tertiary/aromatic N) is 2. The molecule has 1 N–H and O–H groups in total. The monoisotopic (exact) mass is 283 g/mol. The summed E-state index contributed by atoms with van der Waals surface area (Å²) in [4.78, 5) is 0. The van der Waals surface area contributed by atoms with Crippen LogP contribution in [0.2, 0.25) is 10.0 Å². The maximum atomic E-state index is 6.08. The largest absolute Gasteiger partial charge is 0.378 e. The highest BCUT2D eigenvalue weighted by Gasteiger charge is 2.05. The predicted octanol–water partition coefficient (Wildman–Crippen LogP) is 4.21. The molecule has 0 unspecified atom stereocenters. The van der Waals surface area contributed by atoms with Crippen LogP contribution < -0.4 is 5.32 Å². The third-order valence-electron chi connectivity index (χ3n) is 2.57. The van der Waals surface area contributed by atoms with Crippen molar-refractivity contribution < 1.29 is 0 Å². The van der Waals surface area contributed by atoms with E-state index in [1.807, 2.05) is 35.3 Å². The fourth-order valence-electron chi connectivity index (χ4n) is 1.71. The Morgan fingerprint density at radius 1 is 1.28 bits per heavy atom. The van der Waals surface area contributed by atoms with Gasteiger partial charge in [-0.1, -0.05) is 36.2 Å². The molecular formula is C13H15Cl2N3. The van der Waals surface area contributed by atoms with Gasteiger partial charge in [0.1, 0.15) is 0 Å². The lowest BCUT2D eigenvalue weighted by Gasteiger charge is -2.08. The third-order valence-corrected chi connectivity index (χ3v) is 3.20. The summed E-state index contributed by atoms with van der Waals surface area (Å²) in [6.07, 6.45) is 4.96. The van der Waals surface area contributed by atoms with Crippen molar-refractivity contribution in [1.29, 1.82) is 0 Å². The molecule has 18 heavy (non-hydrogen) atoms. The SMILES string of the molecule is CCCn1cc(CNc2c(Cl)cccc2Cl)cn1. The lowest BCUT2D eigenvalue weighted by Crippen LogP contribution is -2.00. The summed E-state index contributed by atoms with van der Waals surface area (Å²) in [7, 11) is 0. The van der Waals surface area contributed by atoms with Crippen molar-refractivity contribution in [3.8, 4) is 0 Å². The summed E-state index contributed by atoms with van der Waals surface area (Å²) in [6, 6.07) is 5.46. The topological polar surface area (TPSA) is 29.9 Å². The molecule has 96 valence electrons. The summed E-state index contributed by atoms with van der Waals surface area (Å²) in [5, 5.41) is 8.77. The van der Waals surface area contributed by atoms with E-state index in [0.717, 1.165) is 24.2 Å². The Bertz CT molecular complexity index is 502. The second-order valence-electron chi connectivity index (χ2n) is 4.06. The van der Waals surface area contributed by atoms with Crippen molar-refractivity contribution in [1.82, 2.24) is 9.78 Å². The Labute approximate surface area is 117 Å². The molecule has 0 radical (unpaired) electrons. The van der Waals surface area contributed by atoms with Crippen molar-refractivity contribution in [2.75, 3.05) is 5.32 Å². The quantitative estimate of drug-likeness (QED) is 0.891. The molecule has 0 atom stereocenters. The number of aromatic nitrogens is 2. The molecule has 1 aromatic heterocycles. The van der Waals surface area contributed by atoms with Gasteiger partial charge in [-0.25, -0.2) is 0 Å². The number of rotatable bonds is 5. The van der Waals surface area contributed by atoms with Crippen LogP contribution in [0.5, 0.6) is 0 Å². The molecule has 3 nitrogen and oxygen atoms in total. The molecule has 2 rings (SSSR count). The van der Waals surface area contributed by atoms with Crippen LogP contribution >= 0.6 is 23.2 Å². The lowest BCUT2D eigenvalue weighted by molar-refractivity contribution is 0.602. The van der Waals surface area contributed by atoms with Crippen molar-refractivity contribution in [3.05, 3.63) is 46.2 Å². The number of para-hydroxylation sites is 1. The average molecular weight is 284 g/mol. The lowest BCUT2D eigenvalue weighted by atomic mass is 10.3. The highest BCUT2D eigenvalue weighted by molar-refractivity contribution is 6.39. The third kappa shape index (κ3) is 3.18.